The van der Waals surface area contributed by atoms with Crippen LogP contribution in [0, 0.1) is 0 Å². The Labute approximate surface area is 184 Å². The molecule has 166 valence electrons. The van der Waals surface area contributed by atoms with Gasteiger partial charge in [-0.15, -0.1) is 0 Å². The Balaban J connectivity index is 1.42. The van der Waals surface area contributed by atoms with Gasteiger partial charge in [-0.1, -0.05) is 26.0 Å². The van der Waals surface area contributed by atoms with Gasteiger partial charge in [-0.05, 0) is 54.9 Å². The Hall–Kier alpha value is -2.90. The predicted molar refractivity (Wildman–Crippen MR) is 125 cm³/mol. The van der Waals surface area contributed by atoms with E-state index in [-0.39, 0.29) is 24.9 Å². The number of ether oxygens (including phenoxy) is 1. The number of amides is 2. The van der Waals surface area contributed by atoms with Crippen molar-refractivity contribution in [1.82, 2.24) is 4.90 Å². The number of rotatable bonds is 8. The maximum Gasteiger partial charge on any atom is 0.238 e. The minimum atomic E-state index is -0.157. The van der Waals surface area contributed by atoms with Gasteiger partial charge in [0.2, 0.25) is 11.8 Å². The number of morpholine rings is 1. The number of carbonyl (C=O) groups excluding carboxylic acids is 2. The molecule has 0 saturated carbocycles. The van der Waals surface area contributed by atoms with Crippen molar-refractivity contribution in [2.75, 3.05) is 62.0 Å². The maximum atomic E-state index is 12.3. The molecule has 0 radical (unpaired) electrons. The van der Waals surface area contributed by atoms with E-state index in [1.807, 2.05) is 48.5 Å². The number of anilines is 3. The number of nitrogens with zero attached hydrogens (tertiary/aromatic N) is 2. The molecule has 7 nitrogen and oxygen atoms in total. The van der Waals surface area contributed by atoms with Crippen molar-refractivity contribution in [2.24, 2.45) is 0 Å². The van der Waals surface area contributed by atoms with Gasteiger partial charge in [-0.25, -0.2) is 0 Å². The van der Waals surface area contributed by atoms with Crippen molar-refractivity contribution >= 4 is 28.9 Å². The maximum absolute atomic E-state index is 12.3. The number of hydrogen-bond acceptors (Lipinski definition) is 5. The summed E-state index contributed by atoms with van der Waals surface area (Å²) in [6, 6.07) is 15.6. The summed E-state index contributed by atoms with van der Waals surface area (Å²) in [5, 5.41) is 5.76. The highest BCUT2D eigenvalue weighted by molar-refractivity contribution is 5.94. The van der Waals surface area contributed by atoms with Crippen molar-refractivity contribution in [2.45, 2.75) is 19.8 Å². The summed E-state index contributed by atoms with van der Waals surface area (Å²) >= 11 is 0. The summed E-state index contributed by atoms with van der Waals surface area (Å²) in [4.78, 5) is 28.6. The molecule has 1 heterocycles. The third-order valence-electron chi connectivity index (χ3n) is 5.22. The van der Waals surface area contributed by atoms with Crippen molar-refractivity contribution in [3.05, 3.63) is 54.1 Å². The van der Waals surface area contributed by atoms with Gasteiger partial charge >= 0.3 is 0 Å². The van der Waals surface area contributed by atoms with E-state index < -0.39 is 0 Å². The Morgan fingerprint density at radius 1 is 0.903 bits per heavy atom. The van der Waals surface area contributed by atoms with Crippen LogP contribution in [0.15, 0.2) is 48.5 Å². The molecule has 31 heavy (non-hydrogen) atoms. The molecule has 1 aliphatic heterocycles. The van der Waals surface area contributed by atoms with E-state index in [0.29, 0.717) is 5.92 Å². The molecule has 0 bridgehead atoms. The van der Waals surface area contributed by atoms with Gasteiger partial charge in [0.05, 0.1) is 26.3 Å². The number of hydrogen-bond donors (Lipinski definition) is 2. The molecule has 1 aliphatic rings. The first kappa shape index (κ1) is 22.8. The van der Waals surface area contributed by atoms with Crippen LogP contribution < -0.4 is 15.5 Å². The van der Waals surface area contributed by atoms with E-state index in [2.05, 4.69) is 29.4 Å². The van der Waals surface area contributed by atoms with Gasteiger partial charge in [0.25, 0.3) is 0 Å². The van der Waals surface area contributed by atoms with Crippen LogP contribution >= 0.6 is 0 Å². The third kappa shape index (κ3) is 7.08. The molecule has 0 unspecified atom stereocenters. The smallest absolute Gasteiger partial charge is 0.238 e. The molecule has 1 fully saturated rings. The predicted octanol–water partition coefficient (Wildman–Crippen LogP) is 3.16. The number of likely N-dealkylation sites (N-methyl/N-ethyl adjacent to an activating group) is 1. The van der Waals surface area contributed by atoms with Crippen LogP contribution in [-0.4, -0.2) is 63.2 Å². The van der Waals surface area contributed by atoms with Crippen LogP contribution in [0.4, 0.5) is 17.1 Å². The van der Waals surface area contributed by atoms with Crippen LogP contribution in [0.1, 0.15) is 25.3 Å². The van der Waals surface area contributed by atoms with E-state index in [1.54, 1.807) is 11.9 Å². The van der Waals surface area contributed by atoms with Crippen molar-refractivity contribution in [3.8, 4) is 0 Å². The molecule has 2 N–H and O–H groups in total. The lowest BCUT2D eigenvalue weighted by molar-refractivity contribution is -0.119. The lowest BCUT2D eigenvalue weighted by Crippen LogP contribution is -2.36. The van der Waals surface area contributed by atoms with Gasteiger partial charge in [0, 0.05) is 30.2 Å². The largest absolute Gasteiger partial charge is 0.378 e. The summed E-state index contributed by atoms with van der Waals surface area (Å²) in [7, 11) is 1.75. The van der Waals surface area contributed by atoms with Crippen molar-refractivity contribution in [3.63, 3.8) is 0 Å². The van der Waals surface area contributed by atoms with E-state index >= 15 is 0 Å². The molecule has 0 aliphatic carbocycles. The standard InChI is InChI=1S/C24H32N4O3/c1-18(2)19-4-6-20(7-5-19)25-23(29)16-27(3)17-24(30)26-21-8-10-22(11-9-21)28-12-14-31-15-13-28/h4-11,18H,12-17H2,1-3H3,(H,25,29)(H,26,30). The number of carbonyl (C=O) groups is 2. The minimum Gasteiger partial charge on any atom is -0.378 e. The van der Waals surface area contributed by atoms with E-state index in [9.17, 15) is 9.59 Å². The van der Waals surface area contributed by atoms with Crippen molar-refractivity contribution in [1.29, 1.82) is 0 Å². The average Bonchev–Trinajstić information content (AvgIpc) is 2.75. The molecule has 7 heteroatoms. The highest BCUT2D eigenvalue weighted by atomic mass is 16.5. The quantitative estimate of drug-likeness (QED) is 0.681. The second-order valence-electron chi connectivity index (χ2n) is 8.19. The lowest BCUT2D eigenvalue weighted by Gasteiger charge is -2.28. The Morgan fingerprint density at radius 2 is 1.39 bits per heavy atom. The zero-order chi connectivity index (χ0) is 22.2. The van der Waals surface area contributed by atoms with E-state index in [4.69, 9.17) is 4.74 Å². The van der Waals surface area contributed by atoms with E-state index in [0.717, 1.165) is 43.4 Å². The molecule has 1 saturated heterocycles. The zero-order valence-corrected chi connectivity index (χ0v) is 18.6. The second-order valence-corrected chi connectivity index (χ2v) is 8.19. The van der Waals surface area contributed by atoms with Gasteiger partial charge in [-0.3, -0.25) is 14.5 Å². The molecule has 3 rings (SSSR count). The molecule has 0 spiro atoms. The summed E-state index contributed by atoms with van der Waals surface area (Å²) in [6.07, 6.45) is 0. The normalized spacial score (nSPS) is 14.0. The van der Waals surface area contributed by atoms with Crippen LogP contribution in [0.2, 0.25) is 0 Å². The van der Waals surface area contributed by atoms with Gasteiger partial charge in [0.1, 0.15) is 0 Å². The number of nitrogens with one attached hydrogen (secondary N) is 2. The first-order valence-corrected chi connectivity index (χ1v) is 10.7. The van der Waals surface area contributed by atoms with Crippen molar-refractivity contribution < 1.29 is 14.3 Å². The molecule has 2 aromatic rings. The first-order valence-electron chi connectivity index (χ1n) is 10.7. The third-order valence-corrected chi connectivity index (χ3v) is 5.22. The zero-order valence-electron chi connectivity index (χ0n) is 18.6. The second kappa shape index (κ2) is 10.9. The molecule has 2 aromatic carbocycles. The molecule has 0 atom stereocenters. The van der Waals surface area contributed by atoms with Crippen LogP contribution in [0.5, 0.6) is 0 Å². The van der Waals surface area contributed by atoms with Crippen LogP contribution in [0.25, 0.3) is 0 Å². The molecule has 2 amide bonds. The summed E-state index contributed by atoms with van der Waals surface area (Å²) in [6.45, 7) is 7.75. The Morgan fingerprint density at radius 3 is 1.87 bits per heavy atom. The molecule has 0 aromatic heterocycles. The first-order chi connectivity index (χ1) is 14.9. The SMILES string of the molecule is CC(C)c1ccc(NC(=O)CN(C)CC(=O)Nc2ccc(N3CCOCC3)cc2)cc1. The number of benzene rings is 2. The average molecular weight is 425 g/mol. The molecular formula is C24H32N4O3. The molecular weight excluding hydrogens is 392 g/mol. The van der Waals surface area contributed by atoms with Gasteiger partial charge in [-0.2, -0.15) is 0 Å². The summed E-state index contributed by atoms with van der Waals surface area (Å²) in [5.74, 6) is 0.142. The summed E-state index contributed by atoms with van der Waals surface area (Å²) in [5.41, 5.74) is 3.85. The van der Waals surface area contributed by atoms with Crippen LogP contribution in [0.3, 0.4) is 0 Å². The van der Waals surface area contributed by atoms with Gasteiger partial charge < -0.3 is 20.3 Å². The lowest BCUT2D eigenvalue weighted by atomic mass is 10.0. The Bertz CT molecular complexity index is 859. The fourth-order valence-electron chi connectivity index (χ4n) is 3.48. The minimum absolute atomic E-state index is 0.130. The summed E-state index contributed by atoms with van der Waals surface area (Å²) < 4.78 is 5.38. The van der Waals surface area contributed by atoms with Gasteiger partial charge in [0.15, 0.2) is 0 Å². The fraction of sp³-hybridized carbons (Fsp3) is 0.417. The van der Waals surface area contributed by atoms with E-state index in [1.165, 1.54) is 5.56 Å². The Kier molecular flexibility index (Phi) is 8.03. The van der Waals surface area contributed by atoms with Crippen LogP contribution in [-0.2, 0) is 14.3 Å². The highest BCUT2D eigenvalue weighted by Gasteiger charge is 2.13. The monoisotopic (exact) mass is 424 g/mol. The highest BCUT2D eigenvalue weighted by Crippen LogP contribution is 2.19. The topological polar surface area (TPSA) is 73.9 Å². The fourth-order valence-corrected chi connectivity index (χ4v) is 3.48.